The molecule has 0 fully saturated rings. The molecule has 0 spiro atoms. The Morgan fingerprint density at radius 2 is 1.77 bits per heavy atom. The SMILES string of the molecule is CCOc1ccccc1CNC(=O)Cc1cccc(CC(C)NCC(O)c2ccc(O)c(NS(C)(=O)=O)c2)c1. The number of para-hydroxylation sites is 1. The first-order chi connectivity index (χ1) is 18.5. The van der Waals surface area contributed by atoms with Crippen molar-refractivity contribution in [3.05, 3.63) is 89.0 Å². The van der Waals surface area contributed by atoms with E-state index in [0.29, 0.717) is 25.1 Å². The maximum Gasteiger partial charge on any atom is 0.229 e. The fraction of sp³-hybridized carbons (Fsp3) is 0.345. The van der Waals surface area contributed by atoms with Gasteiger partial charge in [-0.3, -0.25) is 9.52 Å². The van der Waals surface area contributed by atoms with Crippen molar-refractivity contribution in [1.29, 1.82) is 0 Å². The average Bonchev–Trinajstić information content (AvgIpc) is 2.87. The van der Waals surface area contributed by atoms with E-state index in [-0.39, 0.29) is 36.4 Å². The lowest BCUT2D eigenvalue weighted by molar-refractivity contribution is -0.120. The van der Waals surface area contributed by atoms with Crippen LogP contribution in [0.4, 0.5) is 5.69 Å². The summed E-state index contributed by atoms with van der Waals surface area (Å²) >= 11 is 0. The number of carbonyl (C=O) groups is 1. The topological polar surface area (TPSA) is 137 Å². The van der Waals surface area contributed by atoms with Gasteiger partial charge in [0.05, 0.1) is 31.1 Å². The van der Waals surface area contributed by atoms with Crippen molar-refractivity contribution in [3.63, 3.8) is 0 Å². The van der Waals surface area contributed by atoms with Crippen LogP contribution in [0.2, 0.25) is 0 Å². The highest BCUT2D eigenvalue weighted by atomic mass is 32.2. The standard InChI is InChI=1S/C29H37N3O6S/c1-4-38-28-11-6-5-10-24(28)18-31-29(35)16-22-9-7-8-21(15-22)14-20(2)30-19-27(34)23-12-13-26(33)25(17-23)32-39(3,36)37/h5-13,15,17,20,27,30,32-34H,4,14,16,18-19H2,1-3H3,(H,31,35). The number of aromatic hydroxyl groups is 1. The quantitative estimate of drug-likeness (QED) is 0.193. The molecule has 5 N–H and O–H groups in total. The third-order valence-corrected chi connectivity index (χ3v) is 6.60. The summed E-state index contributed by atoms with van der Waals surface area (Å²) < 4.78 is 30.9. The Morgan fingerprint density at radius 3 is 2.51 bits per heavy atom. The zero-order valence-electron chi connectivity index (χ0n) is 22.5. The summed E-state index contributed by atoms with van der Waals surface area (Å²) in [6, 6.07) is 19.8. The van der Waals surface area contributed by atoms with Gasteiger partial charge in [0.25, 0.3) is 0 Å². The maximum absolute atomic E-state index is 12.6. The third kappa shape index (κ3) is 9.90. The number of sulfonamides is 1. The fourth-order valence-corrected chi connectivity index (χ4v) is 4.72. The van der Waals surface area contributed by atoms with E-state index in [2.05, 4.69) is 15.4 Å². The number of benzene rings is 3. The number of amides is 1. The third-order valence-electron chi connectivity index (χ3n) is 6.01. The molecular weight excluding hydrogens is 518 g/mol. The molecule has 0 aliphatic rings. The van der Waals surface area contributed by atoms with E-state index in [1.165, 1.54) is 12.1 Å². The van der Waals surface area contributed by atoms with Crippen LogP contribution in [0.15, 0.2) is 66.7 Å². The second-order valence-corrected chi connectivity index (χ2v) is 11.2. The maximum atomic E-state index is 12.6. The first-order valence-corrected chi connectivity index (χ1v) is 14.7. The summed E-state index contributed by atoms with van der Waals surface area (Å²) in [4.78, 5) is 12.6. The van der Waals surface area contributed by atoms with Gasteiger partial charge in [-0.05, 0) is 55.2 Å². The second-order valence-electron chi connectivity index (χ2n) is 9.49. The number of hydrogen-bond acceptors (Lipinski definition) is 7. The Hall–Kier alpha value is -3.60. The van der Waals surface area contributed by atoms with E-state index in [4.69, 9.17) is 4.74 Å². The molecule has 1 amide bonds. The number of hydrogen-bond donors (Lipinski definition) is 5. The van der Waals surface area contributed by atoms with Gasteiger partial charge in [0.1, 0.15) is 11.5 Å². The van der Waals surface area contributed by atoms with Crippen molar-refractivity contribution in [2.75, 3.05) is 24.1 Å². The smallest absolute Gasteiger partial charge is 0.229 e. The molecular formula is C29H37N3O6S. The molecule has 2 unspecified atom stereocenters. The summed E-state index contributed by atoms with van der Waals surface area (Å²) in [5.74, 6) is 0.471. The normalized spacial score (nSPS) is 12.9. The van der Waals surface area contributed by atoms with Gasteiger partial charge in [-0.25, -0.2) is 8.42 Å². The van der Waals surface area contributed by atoms with Crippen molar-refractivity contribution in [3.8, 4) is 11.5 Å². The molecule has 3 rings (SSSR count). The fourth-order valence-electron chi connectivity index (χ4n) is 4.15. The molecule has 2 atom stereocenters. The molecule has 3 aromatic carbocycles. The molecule has 0 heterocycles. The highest BCUT2D eigenvalue weighted by Gasteiger charge is 2.15. The number of nitrogens with one attached hydrogen (secondary N) is 3. The molecule has 0 radical (unpaired) electrons. The molecule has 210 valence electrons. The first kappa shape index (κ1) is 29.9. The van der Waals surface area contributed by atoms with E-state index in [0.717, 1.165) is 28.7 Å². The molecule has 0 aliphatic carbocycles. The molecule has 0 aromatic heterocycles. The number of aliphatic hydroxyl groups is 1. The molecule has 9 nitrogen and oxygen atoms in total. The van der Waals surface area contributed by atoms with Gasteiger partial charge in [-0.2, -0.15) is 0 Å². The van der Waals surface area contributed by atoms with Gasteiger partial charge in [0, 0.05) is 24.7 Å². The van der Waals surface area contributed by atoms with Crippen LogP contribution >= 0.6 is 0 Å². The molecule has 3 aromatic rings. The molecule has 0 saturated heterocycles. The minimum Gasteiger partial charge on any atom is -0.506 e. The van der Waals surface area contributed by atoms with Crippen LogP contribution in [-0.2, 0) is 34.2 Å². The van der Waals surface area contributed by atoms with E-state index >= 15 is 0 Å². The Kier molecular flexibility index (Phi) is 10.7. The number of aliphatic hydroxyl groups excluding tert-OH is 1. The van der Waals surface area contributed by atoms with Crippen molar-refractivity contribution >= 4 is 21.6 Å². The van der Waals surface area contributed by atoms with E-state index in [1.54, 1.807) is 6.07 Å². The lowest BCUT2D eigenvalue weighted by Gasteiger charge is -2.19. The summed E-state index contributed by atoms with van der Waals surface area (Å²) in [5.41, 5.74) is 3.38. The molecule has 0 saturated carbocycles. The van der Waals surface area contributed by atoms with Gasteiger partial charge < -0.3 is 25.6 Å². The highest BCUT2D eigenvalue weighted by molar-refractivity contribution is 7.92. The number of rotatable bonds is 14. The molecule has 10 heteroatoms. The van der Waals surface area contributed by atoms with E-state index in [1.807, 2.05) is 62.4 Å². The summed E-state index contributed by atoms with van der Waals surface area (Å²) in [5, 5.41) is 26.7. The molecule has 0 aliphatic heterocycles. The van der Waals surface area contributed by atoms with Crippen molar-refractivity contribution in [1.82, 2.24) is 10.6 Å². The first-order valence-electron chi connectivity index (χ1n) is 12.8. The van der Waals surface area contributed by atoms with Crippen LogP contribution in [0, 0.1) is 0 Å². The van der Waals surface area contributed by atoms with Gasteiger partial charge in [-0.15, -0.1) is 0 Å². The highest BCUT2D eigenvalue weighted by Crippen LogP contribution is 2.27. The van der Waals surface area contributed by atoms with E-state index < -0.39 is 16.1 Å². The zero-order chi connectivity index (χ0) is 28.4. The van der Waals surface area contributed by atoms with Crippen LogP contribution < -0.4 is 20.1 Å². The van der Waals surface area contributed by atoms with Gasteiger partial charge >= 0.3 is 0 Å². The Bertz CT molecular complexity index is 1360. The second kappa shape index (κ2) is 14.0. The van der Waals surface area contributed by atoms with Crippen LogP contribution in [0.5, 0.6) is 11.5 Å². The monoisotopic (exact) mass is 555 g/mol. The predicted molar refractivity (Wildman–Crippen MR) is 152 cm³/mol. The van der Waals surface area contributed by atoms with Crippen molar-refractivity contribution < 1.29 is 28.2 Å². The van der Waals surface area contributed by atoms with Crippen LogP contribution in [-0.4, -0.2) is 50.0 Å². The summed E-state index contributed by atoms with van der Waals surface area (Å²) in [6.45, 7) is 5.11. The van der Waals surface area contributed by atoms with Crippen LogP contribution in [0.3, 0.4) is 0 Å². The number of phenolic OH excluding ortho intramolecular Hbond substituents is 1. The Balaban J connectivity index is 1.50. The number of phenols is 1. The average molecular weight is 556 g/mol. The summed E-state index contributed by atoms with van der Waals surface area (Å²) in [6.07, 6.45) is 1.02. The number of ether oxygens (including phenoxy) is 1. The Morgan fingerprint density at radius 1 is 1.03 bits per heavy atom. The summed E-state index contributed by atoms with van der Waals surface area (Å²) in [7, 11) is -3.57. The lowest BCUT2D eigenvalue weighted by Crippen LogP contribution is -2.32. The Labute approximate surface area is 230 Å². The van der Waals surface area contributed by atoms with Crippen LogP contribution in [0.25, 0.3) is 0 Å². The lowest BCUT2D eigenvalue weighted by atomic mass is 10.0. The van der Waals surface area contributed by atoms with Crippen molar-refractivity contribution in [2.45, 2.75) is 45.4 Å². The number of anilines is 1. The van der Waals surface area contributed by atoms with Gasteiger partial charge in [0.15, 0.2) is 0 Å². The predicted octanol–water partition coefficient (Wildman–Crippen LogP) is 3.28. The molecule has 0 bridgehead atoms. The van der Waals surface area contributed by atoms with Crippen molar-refractivity contribution in [2.24, 2.45) is 0 Å². The minimum absolute atomic E-state index is 0.0152. The zero-order valence-corrected chi connectivity index (χ0v) is 23.3. The van der Waals surface area contributed by atoms with Gasteiger partial charge in [0.2, 0.25) is 15.9 Å². The van der Waals surface area contributed by atoms with E-state index in [9.17, 15) is 23.4 Å². The number of carbonyl (C=O) groups excluding carboxylic acids is 1. The molecule has 39 heavy (non-hydrogen) atoms. The van der Waals surface area contributed by atoms with Gasteiger partial charge in [-0.1, -0.05) is 48.5 Å². The largest absolute Gasteiger partial charge is 0.506 e. The minimum atomic E-state index is -3.57. The van der Waals surface area contributed by atoms with Crippen LogP contribution in [0.1, 0.15) is 42.2 Å².